The Kier molecular flexibility index (Phi) is 20.3. The minimum absolute atomic E-state index is 1.23. The quantitative estimate of drug-likeness (QED) is 0.138. The standard InChI is InChI=1S/C38H28N2.3C32H24N2/c1-39-35-11-7-6-10-31(35)32-23-29(17-20-36(32)39)30-18-21-38-34(24-30)33-22-28(16-19-37(33)40(38)2)27-14-12-26(13-15-27)25-8-4-3-5-9-25;1-33-28-15-7-5-12-24(28)27-20-21(18-19-30(27)33)22-10-3-4-11-23(22)25-14-9-17-31-32(25)26-13-6-8-16-29(26)34(31)2;1-33-30-16-13-22(21-8-4-3-5-9-21)18-27(30)28-19-23(14-17-31(28)33)24-12-15-26-25-10-6-7-11-29(25)34(2)32(26)20-24;1-33-29-11-7-6-10-25(29)26-19-23(13-16-30(26)33)24-14-17-32-28(20-24)27-18-22(12-15-31(27)34(32)2)21-8-4-3-5-9-21/h3-24H,1-2H3;3*3-20H,1-2H3. The molecule has 142 heavy (non-hydrogen) atoms. The maximum atomic E-state index is 2.37. The van der Waals surface area contributed by atoms with Gasteiger partial charge in [-0.15, -0.1) is 0 Å². The van der Waals surface area contributed by atoms with E-state index < -0.39 is 0 Å². The Balaban J connectivity index is 0.0000000972. The largest absolute Gasteiger partial charge is 0.344 e. The Morgan fingerprint density at radius 2 is 0.282 bits per heavy atom. The first-order chi connectivity index (χ1) is 69.7. The van der Waals surface area contributed by atoms with Gasteiger partial charge in [-0.05, 0) is 252 Å². The molecule has 0 spiro atoms. The van der Waals surface area contributed by atoms with Crippen molar-refractivity contribution < 1.29 is 0 Å². The first kappa shape index (κ1) is 84.5. The van der Waals surface area contributed by atoms with Crippen LogP contribution in [0.1, 0.15) is 0 Å². The number of aromatic nitrogens is 8. The molecule has 29 aromatic rings. The molecule has 0 bridgehead atoms. The fourth-order valence-electron chi connectivity index (χ4n) is 23.3. The van der Waals surface area contributed by atoms with E-state index >= 15 is 0 Å². The number of fused-ring (bicyclic) bond motifs is 24. The van der Waals surface area contributed by atoms with Gasteiger partial charge in [0.05, 0.1) is 0 Å². The molecule has 0 fully saturated rings. The highest BCUT2D eigenvalue weighted by Crippen LogP contribution is 2.46. The molecule has 0 aliphatic carbocycles. The first-order valence-corrected chi connectivity index (χ1v) is 49.0. The van der Waals surface area contributed by atoms with E-state index in [4.69, 9.17) is 0 Å². The van der Waals surface area contributed by atoms with Crippen LogP contribution >= 0.6 is 0 Å². The highest BCUT2D eigenvalue weighted by molar-refractivity contribution is 6.20. The molecular formula is C134H100N8. The molecule has 0 saturated heterocycles. The van der Waals surface area contributed by atoms with Crippen molar-refractivity contribution in [2.24, 2.45) is 56.4 Å². The van der Waals surface area contributed by atoms with Crippen LogP contribution in [0.5, 0.6) is 0 Å². The van der Waals surface area contributed by atoms with Crippen molar-refractivity contribution in [3.63, 3.8) is 0 Å². The van der Waals surface area contributed by atoms with Gasteiger partial charge in [-0.2, -0.15) is 0 Å². The van der Waals surface area contributed by atoms with Gasteiger partial charge in [-0.3, -0.25) is 0 Å². The van der Waals surface area contributed by atoms with Gasteiger partial charge in [0.2, 0.25) is 0 Å². The highest BCUT2D eigenvalue weighted by atomic mass is 15.0. The lowest BCUT2D eigenvalue weighted by Gasteiger charge is -2.12. The third kappa shape index (κ3) is 13.9. The van der Waals surface area contributed by atoms with Crippen molar-refractivity contribution in [1.29, 1.82) is 0 Å². The third-order valence-corrected chi connectivity index (χ3v) is 30.7. The molecule has 21 aromatic carbocycles. The zero-order valence-corrected chi connectivity index (χ0v) is 80.5. The minimum atomic E-state index is 1.23. The zero-order chi connectivity index (χ0) is 95.2. The summed E-state index contributed by atoms with van der Waals surface area (Å²) >= 11 is 0. The van der Waals surface area contributed by atoms with E-state index in [1.807, 2.05) is 0 Å². The molecule has 0 aliphatic rings. The van der Waals surface area contributed by atoms with Gasteiger partial charge in [-0.1, -0.05) is 309 Å². The molecule has 676 valence electrons. The number of para-hydroxylation sites is 5. The van der Waals surface area contributed by atoms with Gasteiger partial charge in [0, 0.05) is 231 Å². The van der Waals surface area contributed by atoms with Gasteiger partial charge < -0.3 is 36.5 Å². The summed E-state index contributed by atoms with van der Waals surface area (Å²) in [5.41, 5.74) is 42.7. The predicted molar refractivity (Wildman–Crippen MR) is 607 cm³/mol. The maximum Gasteiger partial charge on any atom is 0.0495 e. The minimum Gasteiger partial charge on any atom is -0.344 e. The van der Waals surface area contributed by atoms with Crippen LogP contribution in [0.3, 0.4) is 0 Å². The van der Waals surface area contributed by atoms with E-state index in [2.05, 4.69) is 554 Å². The Morgan fingerprint density at radius 1 is 0.0986 bits per heavy atom. The van der Waals surface area contributed by atoms with Gasteiger partial charge in [-0.25, -0.2) is 0 Å². The lowest BCUT2D eigenvalue weighted by Crippen LogP contribution is -1.89. The monoisotopic (exact) mass is 1820 g/mol. The van der Waals surface area contributed by atoms with Crippen LogP contribution in [-0.4, -0.2) is 36.5 Å². The van der Waals surface area contributed by atoms with Crippen LogP contribution < -0.4 is 0 Å². The number of aryl methyl sites for hydroxylation is 8. The summed E-state index contributed by atoms with van der Waals surface area (Å²) in [7, 11) is 17.3. The van der Waals surface area contributed by atoms with E-state index in [1.54, 1.807) is 0 Å². The van der Waals surface area contributed by atoms with Crippen molar-refractivity contribution >= 4 is 174 Å². The second kappa shape index (κ2) is 34.0. The highest BCUT2D eigenvalue weighted by Gasteiger charge is 2.23. The second-order valence-corrected chi connectivity index (χ2v) is 38.3. The second-order valence-electron chi connectivity index (χ2n) is 38.3. The summed E-state index contributed by atoms with van der Waals surface area (Å²) in [6.45, 7) is 0. The van der Waals surface area contributed by atoms with Gasteiger partial charge in [0.1, 0.15) is 0 Å². The van der Waals surface area contributed by atoms with E-state index in [1.165, 1.54) is 275 Å². The van der Waals surface area contributed by atoms with Crippen LogP contribution in [0.15, 0.2) is 461 Å². The van der Waals surface area contributed by atoms with Crippen molar-refractivity contribution in [2.75, 3.05) is 0 Å². The third-order valence-electron chi connectivity index (χ3n) is 30.7. The van der Waals surface area contributed by atoms with Crippen molar-refractivity contribution in [1.82, 2.24) is 36.5 Å². The van der Waals surface area contributed by atoms with Crippen molar-refractivity contribution in [3.05, 3.63) is 461 Å². The van der Waals surface area contributed by atoms with Gasteiger partial charge in [0.25, 0.3) is 0 Å². The molecule has 0 aliphatic heterocycles. The summed E-state index contributed by atoms with van der Waals surface area (Å²) in [6, 6.07) is 168. The number of nitrogens with zero attached hydrogens (tertiary/aromatic N) is 8. The molecule has 0 N–H and O–H groups in total. The summed E-state index contributed by atoms with van der Waals surface area (Å²) < 4.78 is 18.4. The molecule has 0 amide bonds. The molecular weight excluding hydrogens is 1720 g/mol. The predicted octanol–water partition coefficient (Wildman–Crippen LogP) is 34.9. The van der Waals surface area contributed by atoms with E-state index in [0.29, 0.717) is 0 Å². The molecule has 29 rings (SSSR count). The average Bonchev–Trinajstić information content (AvgIpc) is 1.58. The fourth-order valence-corrected chi connectivity index (χ4v) is 23.3. The lowest BCUT2D eigenvalue weighted by molar-refractivity contribution is 1.01. The number of hydrogen-bond donors (Lipinski definition) is 0. The molecule has 8 nitrogen and oxygen atoms in total. The molecule has 0 unspecified atom stereocenters. The Morgan fingerprint density at radius 3 is 0.627 bits per heavy atom. The van der Waals surface area contributed by atoms with Crippen LogP contribution in [0, 0.1) is 0 Å². The Bertz CT molecular complexity index is 10100. The first-order valence-electron chi connectivity index (χ1n) is 49.0. The van der Waals surface area contributed by atoms with Crippen LogP contribution in [0.4, 0.5) is 0 Å². The summed E-state index contributed by atoms with van der Waals surface area (Å²) in [5.74, 6) is 0. The molecule has 8 heterocycles. The van der Waals surface area contributed by atoms with Crippen LogP contribution in [0.25, 0.3) is 275 Å². The Hall–Kier alpha value is -18.0. The van der Waals surface area contributed by atoms with E-state index in [0.717, 1.165) is 0 Å². The SMILES string of the molecule is Cn1c2ccc(-c3ccccc3)cc2c2cc(-c3ccc4c5ccccc5n(C)c4c3)ccc21.Cn1c2ccccc2c2cc(-c3ccc4c(c3)c3cc(-c5ccc(-c6ccccc6)cc5)ccc3n4C)ccc21.Cn1c2ccccc2c2cc(-c3ccc4c(c3)c3cc(-c5ccccc5)ccc3n4C)ccc21.Cn1c2ccccc2c2cc(-c3ccccc3-c3cccc4c3c3ccccc3n4C)ccc21. The average molecular weight is 1820 g/mol. The molecule has 8 heteroatoms. The van der Waals surface area contributed by atoms with Gasteiger partial charge in [0.15, 0.2) is 0 Å². The van der Waals surface area contributed by atoms with Gasteiger partial charge >= 0.3 is 0 Å². The topological polar surface area (TPSA) is 39.4 Å². The summed E-state index contributed by atoms with van der Waals surface area (Å²) in [4.78, 5) is 0. The lowest BCUT2D eigenvalue weighted by atomic mass is 9.91. The van der Waals surface area contributed by atoms with Crippen LogP contribution in [0.2, 0.25) is 0 Å². The maximum absolute atomic E-state index is 2.37. The molecule has 0 saturated carbocycles. The van der Waals surface area contributed by atoms with E-state index in [9.17, 15) is 0 Å². The summed E-state index contributed by atoms with van der Waals surface area (Å²) in [5, 5.41) is 20.8. The molecule has 8 aromatic heterocycles. The normalized spacial score (nSPS) is 11.8. The molecule has 0 radical (unpaired) electrons. The zero-order valence-electron chi connectivity index (χ0n) is 80.5. The molecule has 0 atom stereocenters. The van der Waals surface area contributed by atoms with E-state index in [-0.39, 0.29) is 0 Å². The number of hydrogen-bond acceptors (Lipinski definition) is 0. The Labute approximate surface area is 822 Å². The number of benzene rings is 21. The smallest absolute Gasteiger partial charge is 0.0495 e. The van der Waals surface area contributed by atoms with Crippen molar-refractivity contribution in [2.45, 2.75) is 0 Å². The van der Waals surface area contributed by atoms with Crippen LogP contribution in [-0.2, 0) is 56.4 Å². The number of rotatable bonds is 9. The summed E-state index contributed by atoms with van der Waals surface area (Å²) in [6.07, 6.45) is 0. The fraction of sp³-hybridized carbons (Fsp3) is 0.0597. The van der Waals surface area contributed by atoms with Crippen molar-refractivity contribution in [3.8, 4) is 100 Å².